The molecule has 0 spiro atoms. The molecule has 2 rings (SSSR count). The van der Waals surface area contributed by atoms with E-state index in [2.05, 4.69) is 9.97 Å². The average Bonchev–Trinajstić information content (AvgIpc) is 2.41. The Balaban J connectivity index is 1.99. The first-order valence-electron chi connectivity index (χ1n) is 5.18. The van der Waals surface area contributed by atoms with Crippen LogP contribution in [0.15, 0.2) is 36.7 Å². The van der Waals surface area contributed by atoms with E-state index in [1.165, 1.54) is 42.5 Å². The quantitative estimate of drug-likeness (QED) is 0.777. The van der Waals surface area contributed by atoms with E-state index in [0.29, 0.717) is 18.2 Å². The van der Waals surface area contributed by atoms with Crippen molar-refractivity contribution in [1.29, 1.82) is 0 Å². The maximum atomic E-state index is 12.7. The molecule has 0 fully saturated rings. The Morgan fingerprint density at radius 1 is 1.17 bits per heavy atom. The molecule has 18 heavy (non-hydrogen) atoms. The van der Waals surface area contributed by atoms with Gasteiger partial charge in [0.05, 0.1) is 18.1 Å². The smallest absolute Gasteiger partial charge is 0.237 e. The third-order valence-electron chi connectivity index (χ3n) is 2.04. The van der Waals surface area contributed by atoms with Gasteiger partial charge in [0.15, 0.2) is 0 Å². The number of aromatic nitrogens is 2. The Morgan fingerprint density at radius 2 is 1.94 bits per heavy atom. The number of rotatable bonds is 5. The third-order valence-corrected chi connectivity index (χ3v) is 2.40. The number of hydrogen-bond donors (Lipinski definition) is 0. The van der Waals surface area contributed by atoms with E-state index in [9.17, 15) is 4.39 Å². The highest BCUT2D eigenvalue weighted by Crippen LogP contribution is 2.18. The zero-order valence-corrected chi connectivity index (χ0v) is 10.5. The largest absolute Gasteiger partial charge is 0.438 e. The van der Waals surface area contributed by atoms with E-state index in [1.807, 2.05) is 6.26 Å². The number of hydrogen-bond acceptors (Lipinski definition) is 5. The minimum absolute atomic E-state index is 0.307. The van der Waals surface area contributed by atoms with Gasteiger partial charge < -0.3 is 8.92 Å². The number of halogens is 1. The van der Waals surface area contributed by atoms with E-state index in [-0.39, 0.29) is 5.82 Å². The summed E-state index contributed by atoms with van der Waals surface area (Å²) in [5.74, 6) is 0.561. The van der Waals surface area contributed by atoms with E-state index >= 15 is 0 Å². The zero-order chi connectivity index (χ0) is 12.8. The van der Waals surface area contributed by atoms with Gasteiger partial charge in [0.1, 0.15) is 18.2 Å². The fourth-order valence-electron chi connectivity index (χ4n) is 1.21. The first-order valence-corrected chi connectivity index (χ1v) is 6.33. The highest BCUT2D eigenvalue weighted by Gasteiger charge is 2.01. The van der Waals surface area contributed by atoms with Crippen LogP contribution in [0, 0.1) is 5.82 Å². The summed E-state index contributed by atoms with van der Waals surface area (Å²) in [5, 5.41) is 0. The van der Waals surface area contributed by atoms with Gasteiger partial charge in [0, 0.05) is 6.26 Å². The van der Waals surface area contributed by atoms with Gasteiger partial charge in [0.2, 0.25) is 5.88 Å². The molecule has 0 aliphatic heterocycles. The monoisotopic (exact) mass is 266 g/mol. The van der Waals surface area contributed by atoms with Crippen LogP contribution in [0.1, 0.15) is 5.69 Å². The Morgan fingerprint density at radius 3 is 2.56 bits per heavy atom. The molecule has 0 unspecified atom stereocenters. The molecule has 1 aromatic heterocycles. The van der Waals surface area contributed by atoms with E-state index in [0.717, 1.165) is 5.69 Å². The highest BCUT2D eigenvalue weighted by atomic mass is 32.2. The van der Waals surface area contributed by atoms with Crippen molar-refractivity contribution in [1.82, 2.24) is 9.97 Å². The second-order valence-corrected chi connectivity index (χ2v) is 3.90. The third kappa shape index (κ3) is 3.68. The molecule has 94 valence electrons. The van der Waals surface area contributed by atoms with Crippen LogP contribution in [-0.2, 0) is 10.8 Å². The number of ether oxygens (including phenoxy) is 1. The molecule has 4 nitrogen and oxygen atoms in total. The van der Waals surface area contributed by atoms with Crippen LogP contribution in [0.4, 0.5) is 4.39 Å². The summed E-state index contributed by atoms with van der Waals surface area (Å²) in [6, 6.07) is 5.70. The minimum atomic E-state index is -0.307. The van der Waals surface area contributed by atoms with Gasteiger partial charge in [-0.2, -0.15) is 0 Å². The predicted molar refractivity (Wildman–Crippen MR) is 66.8 cm³/mol. The van der Waals surface area contributed by atoms with Gasteiger partial charge in [0.25, 0.3) is 0 Å². The van der Waals surface area contributed by atoms with E-state index in [1.54, 1.807) is 6.20 Å². The van der Waals surface area contributed by atoms with Gasteiger partial charge in [-0.25, -0.2) is 9.37 Å². The van der Waals surface area contributed by atoms with Crippen molar-refractivity contribution in [2.24, 2.45) is 0 Å². The Labute approximate surface area is 108 Å². The standard InChI is InChI=1S/C12H11FN2O2S/c1-18-16-8-10-6-15-12(7-14-10)17-11-4-2-9(13)3-5-11/h2-7H,8H2,1H3. The molecular weight excluding hydrogens is 255 g/mol. The summed E-state index contributed by atoms with van der Waals surface area (Å²) >= 11 is 1.27. The first kappa shape index (κ1) is 12.8. The lowest BCUT2D eigenvalue weighted by atomic mass is 10.3. The lowest BCUT2D eigenvalue weighted by Gasteiger charge is -2.04. The SMILES string of the molecule is CSOCc1cnc(Oc2ccc(F)cc2)cn1. The Kier molecular flexibility index (Phi) is 4.49. The molecule has 0 radical (unpaired) electrons. The van der Waals surface area contributed by atoms with Crippen molar-refractivity contribution in [3.05, 3.63) is 48.2 Å². The molecule has 1 heterocycles. The predicted octanol–water partition coefficient (Wildman–Crippen LogP) is 3.20. The topological polar surface area (TPSA) is 44.2 Å². The van der Waals surface area contributed by atoms with Gasteiger partial charge in [-0.3, -0.25) is 4.98 Å². The maximum Gasteiger partial charge on any atom is 0.237 e. The van der Waals surface area contributed by atoms with Crippen LogP contribution in [0.2, 0.25) is 0 Å². The Hall–Kier alpha value is -1.66. The van der Waals surface area contributed by atoms with Crippen molar-refractivity contribution in [2.75, 3.05) is 6.26 Å². The fraction of sp³-hybridized carbons (Fsp3) is 0.167. The summed E-state index contributed by atoms with van der Waals surface area (Å²) in [6.45, 7) is 0.394. The first-order chi connectivity index (χ1) is 8.78. The van der Waals surface area contributed by atoms with E-state index < -0.39 is 0 Å². The van der Waals surface area contributed by atoms with Crippen molar-refractivity contribution in [2.45, 2.75) is 6.61 Å². The zero-order valence-electron chi connectivity index (χ0n) is 9.67. The van der Waals surface area contributed by atoms with Gasteiger partial charge in [-0.1, -0.05) is 0 Å². The van der Waals surface area contributed by atoms with Crippen LogP contribution >= 0.6 is 12.0 Å². The van der Waals surface area contributed by atoms with Crippen molar-refractivity contribution < 1.29 is 13.3 Å². The van der Waals surface area contributed by atoms with Crippen LogP contribution in [0.5, 0.6) is 11.6 Å². The molecule has 0 saturated heterocycles. The molecule has 0 aliphatic rings. The highest BCUT2D eigenvalue weighted by molar-refractivity contribution is 7.93. The van der Waals surface area contributed by atoms with Crippen molar-refractivity contribution in [3.63, 3.8) is 0 Å². The molecule has 0 saturated carbocycles. The summed E-state index contributed by atoms with van der Waals surface area (Å²) in [4.78, 5) is 8.21. The molecule has 0 N–H and O–H groups in total. The summed E-state index contributed by atoms with van der Waals surface area (Å²) < 4.78 is 23.2. The molecule has 6 heteroatoms. The molecule has 0 amide bonds. The van der Waals surface area contributed by atoms with Gasteiger partial charge in [-0.05, 0) is 36.3 Å². The normalized spacial score (nSPS) is 10.3. The molecule has 0 aliphatic carbocycles. The van der Waals surface area contributed by atoms with Gasteiger partial charge in [-0.15, -0.1) is 0 Å². The van der Waals surface area contributed by atoms with Gasteiger partial charge >= 0.3 is 0 Å². The van der Waals surface area contributed by atoms with Crippen LogP contribution in [0.25, 0.3) is 0 Å². The fourth-order valence-corrected chi connectivity index (χ4v) is 1.45. The molecular formula is C12H11FN2O2S. The maximum absolute atomic E-state index is 12.7. The minimum Gasteiger partial charge on any atom is -0.438 e. The molecule has 1 aromatic carbocycles. The van der Waals surface area contributed by atoms with Crippen LogP contribution in [0.3, 0.4) is 0 Å². The Bertz CT molecular complexity index is 490. The second kappa shape index (κ2) is 6.32. The van der Waals surface area contributed by atoms with Crippen molar-refractivity contribution >= 4 is 12.0 Å². The van der Waals surface area contributed by atoms with Crippen molar-refractivity contribution in [3.8, 4) is 11.6 Å². The van der Waals surface area contributed by atoms with Crippen LogP contribution < -0.4 is 4.74 Å². The summed E-state index contributed by atoms with van der Waals surface area (Å²) in [5.41, 5.74) is 0.718. The molecule has 0 bridgehead atoms. The summed E-state index contributed by atoms with van der Waals surface area (Å²) in [6.07, 6.45) is 4.91. The number of nitrogens with zero attached hydrogens (tertiary/aromatic N) is 2. The average molecular weight is 266 g/mol. The van der Waals surface area contributed by atoms with E-state index in [4.69, 9.17) is 8.92 Å². The number of benzene rings is 1. The lowest BCUT2D eigenvalue weighted by Crippen LogP contribution is -1.94. The molecule has 0 atom stereocenters. The second-order valence-electron chi connectivity index (χ2n) is 3.33. The lowest BCUT2D eigenvalue weighted by molar-refractivity contribution is 0.357. The molecule has 2 aromatic rings. The summed E-state index contributed by atoms with van der Waals surface area (Å²) in [7, 11) is 0. The van der Waals surface area contributed by atoms with Crippen LogP contribution in [-0.4, -0.2) is 16.2 Å².